The van der Waals surface area contributed by atoms with Gasteiger partial charge in [-0.05, 0) is 18.9 Å². The molecule has 2 bridgehead atoms. The van der Waals surface area contributed by atoms with Crippen LogP contribution in [0, 0.1) is 0 Å². The van der Waals surface area contributed by atoms with Crippen molar-refractivity contribution in [3.8, 4) is 0 Å². The molecule has 3 rings (SSSR count). The predicted molar refractivity (Wildman–Crippen MR) is 56.9 cm³/mol. The molecule has 1 saturated carbocycles. The third kappa shape index (κ3) is 1.42. The lowest BCUT2D eigenvalue weighted by Crippen LogP contribution is -2.35. The SMILES string of the molecule is ClC1=C2C=CN(C3CC3)CN(C=N1)C2. The Morgan fingerprint density at radius 1 is 1.43 bits per heavy atom. The Balaban J connectivity index is 1.89. The fourth-order valence-corrected chi connectivity index (χ4v) is 2.00. The zero-order valence-electron chi connectivity index (χ0n) is 7.86. The lowest BCUT2D eigenvalue weighted by molar-refractivity contribution is 0.260. The molecule has 74 valence electrons. The fourth-order valence-electron chi connectivity index (χ4n) is 1.83. The van der Waals surface area contributed by atoms with Crippen molar-refractivity contribution in [3.63, 3.8) is 0 Å². The molecule has 0 spiro atoms. The van der Waals surface area contributed by atoms with Crippen LogP contribution in [-0.2, 0) is 0 Å². The highest BCUT2D eigenvalue weighted by Crippen LogP contribution is 2.30. The smallest absolute Gasteiger partial charge is 0.135 e. The van der Waals surface area contributed by atoms with Gasteiger partial charge in [0.05, 0.1) is 13.0 Å². The van der Waals surface area contributed by atoms with Crippen LogP contribution in [0.25, 0.3) is 0 Å². The third-order valence-corrected chi connectivity index (χ3v) is 3.14. The third-order valence-electron chi connectivity index (χ3n) is 2.80. The molecule has 0 aromatic heterocycles. The first-order chi connectivity index (χ1) is 6.83. The van der Waals surface area contributed by atoms with Crippen molar-refractivity contribution in [2.75, 3.05) is 13.2 Å². The second-order valence-corrected chi connectivity index (χ2v) is 4.37. The van der Waals surface area contributed by atoms with E-state index < -0.39 is 0 Å². The Morgan fingerprint density at radius 2 is 2.29 bits per heavy atom. The van der Waals surface area contributed by atoms with Crippen LogP contribution >= 0.6 is 11.6 Å². The van der Waals surface area contributed by atoms with Gasteiger partial charge in [-0.2, -0.15) is 0 Å². The molecular formula is C10H12ClN3. The van der Waals surface area contributed by atoms with E-state index in [0.717, 1.165) is 24.8 Å². The highest BCUT2D eigenvalue weighted by Gasteiger charge is 2.29. The largest absolute Gasteiger partial charge is 0.357 e. The summed E-state index contributed by atoms with van der Waals surface area (Å²) in [4.78, 5) is 8.72. The number of hydrogen-bond acceptors (Lipinski definition) is 3. The minimum absolute atomic E-state index is 0.634. The van der Waals surface area contributed by atoms with Crippen LogP contribution in [0.5, 0.6) is 0 Å². The van der Waals surface area contributed by atoms with Crippen molar-refractivity contribution in [1.82, 2.24) is 9.80 Å². The van der Waals surface area contributed by atoms with Gasteiger partial charge in [0.25, 0.3) is 0 Å². The molecule has 3 aliphatic rings. The van der Waals surface area contributed by atoms with Crippen LogP contribution in [0.15, 0.2) is 28.0 Å². The van der Waals surface area contributed by atoms with Gasteiger partial charge >= 0.3 is 0 Å². The molecule has 2 heterocycles. The molecule has 2 aliphatic heterocycles. The molecule has 0 aromatic rings. The maximum absolute atomic E-state index is 5.98. The average Bonchev–Trinajstić information content (AvgIpc) is 2.99. The Kier molecular flexibility index (Phi) is 1.80. The van der Waals surface area contributed by atoms with Gasteiger partial charge in [-0.3, -0.25) is 0 Å². The molecule has 1 aliphatic carbocycles. The Hall–Kier alpha value is -0.960. The van der Waals surface area contributed by atoms with Crippen LogP contribution in [0.3, 0.4) is 0 Å². The molecule has 0 radical (unpaired) electrons. The van der Waals surface area contributed by atoms with Crippen LogP contribution < -0.4 is 0 Å². The van der Waals surface area contributed by atoms with Crippen molar-refractivity contribution in [2.24, 2.45) is 4.99 Å². The normalized spacial score (nSPS) is 25.8. The molecule has 0 unspecified atom stereocenters. The summed E-state index contributed by atoms with van der Waals surface area (Å²) < 4.78 is 0. The number of nitrogens with zero attached hydrogens (tertiary/aromatic N) is 3. The standard InChI is InChI=1S/C10H12ClN3/c11-10-8-3-4-14(9-1-2-9)7-13(5-8)6-12-10/h3-4,6,9H,1-2,5,7H2. The molecule has 0 aromatic carbocycles. The van der Waals surface area contributed by atoms with Crippen molar-refractivity contribution in [2.45, 2.75) is 18.9 Å². The van der Waals surface area contributed by atoms with Gasteiger partial charge in [0.1, 0.15) is 5.16 Å². The summed E-state index contributed by atoms with van der Waals surface area (Å²) in [6.45, 7) is 1.83. The number of hydrogen-bond donors (Lipinski definition) is 0. The summed E-state index contributed by atoms with van der Waals surface area (Å²) in [5.74, 6) is 0. The van der Waals surface area contributed by atoms with Gasteiger partial charge in [-0.15, -0.1) is 0 Å². The van der Waals surface area contributed by atoms with Crippen LogP contribution in [0.2, 0.25) is 0 Å². The van der Waals surface area contributed by atoms with Crippen LogP contribution in [0.4, 0.5) is 0 Å². The quantitative estimate of drug-likeness (QED) is 0.613. The lowest BCUT2D eigenvalue weighted by Gasteiger charge is -2.27. The van der Waals surface area contributed by atoms with Crippen molar-refractivity contribution in [1.29, 1.82) is 0 Å². The van der Waals surface area contributed by atoms with Gasteiger partial charge in [-0.25, -0.2) is 4.99 Å². The molecule has 3 nitrogen and oxygen atoms in total. The van der Waals surface area contributed by atoms with E-state index in [4.69, 9.17) is 11.6 Å². The molecule has 0 N–H and O–H groups in total. The van der Waals surface area contributed by atoms with Gasteiger partial charge in [0.2, 0.25) is 0 Å². The second kappa shape index (κ2) is 3.02. The number of aliphatic imine (C=N–C) groups is 1. The molecule has 14 heavy (non-hydrogen) atoms. The molecule has 4 heteroatoms. The first kappa shape index (κ1) is 8.36. The maximum Gasteiger partial charge on any atom is 0.135 e. The molecule has 0 atom stereocenters. The summed E-state index contributed by atoms with van der Waals surface area (Å²) in [5, 5.41) is 0.634. The molecule has 1 fully saturated rings. The molecular weight excluding hydrogens is 198 g/mol. The Labute approximate surface area is 88.3 Å². The van der Waals surface area contributed by atoms with E-state index in [1.807, 2.05) is 6.34 Å². The summed E-state index contributed by atoms with van der Waals surface area (Å²) in [7, 11) is 0. The van der Waals surface area contributed by atoms with E-state index in [1.54, 1.807) is 0 Å². The van der Waals surface area contributed by atoms with Gasteiger partial charge in [0.15, 0.2) is 0 Å². The fraction of sp³-hybridized carbons (Fsp3) is 0.500. The summed E-state index contributed by atoms with van der Waals surface area (Å²) in [6, 6.07) is 0.748. The Bertz CT molecular complexity index is 341. The molecule has 0 amide bonds. The van der Waals surface area contributed by atoms with E-state index in [-0.39, 0.29) is 0 Å². The van der Waals surface area contributed by atoms with Crippen molar-refractivity contribution < 1.29 is 0 Å². The first-order valence-electron chi connectivity index (χ1n) is 4.94. The summed E-state index contributed by atoms with van der Waals surface area (Å²) >= 11 is 5.98. The zero-order valence-corrected chi connectivity index (χ0v) is 8.61. The van der Waals surface area contributed by atoms with Crippen molar-refractivity contribution >= 4 is 17.9 Å². The van der Waals surface area contributed by atoms with E-state index in [2.05, 4.69) is 27.1 Å². The van der Waals surface area contributed by atoms with E-state index >= 15 is 0 Å². The summed E-state index contributed by atoms with van der Waals surface area (Å²) in [6.07, 6.45) is 8.74. The first-order valence-corrected chi connectivity index (χ1v) is 5.31. The highest BCUT2D eigenvalue weighted by molar-refractivity contribution is 6.30. The average molecular weight is 210 g/mol. The van der Waals surface area contributed by atoms with Crippen LogP contribution in [-0.4, -0.2) is 35.4 Å². The number of rotatable bonds is 1. The number of fused-ring (bicyclic) bond motifs is 2. The summed E-state index contributed by atoms with van der Waals surface area (Å²) in [5.41, 5.74) is 1.12. The monoisotopic (exact) mass is 209 g/mol. The van der Waals surface area contributed by atoms with Crippen LogP contribution in [0.1, 0.15) is 12.8 Å². The second-order valence-electron chi connectivity index (χ2n) is 4.01. The maximum atomic E-state index is 5.98. The molecule has 0 saturated heterocycles. The minimum atomic E-state index is 0.634. The minimum Gasteiger partial charge on any atom is -0.357 e. The van der Waals surface area contributed by atoms with E-state index in [1.165, 1.54) is 12.8 Å². The predicted octanol–water partition coefficient (Wildman–Crippen LogP) is 1.73. The van der Waals surface area contributed by atoms with E-state index in [0.29, 0.717) is 5.16 Å². The topological polar surface area (TPSA) is 18.8 Å². The van der Waals surface area contributed by atoms with E-state index in [9.17, 15) is 0 Å². The lowest BCUT2D eigenvalue weighted by atomic mass is 10.2. The van der Waals surface area contributed by atoms with Gasteiger partial charge in [0, 0.05) is 24.4 Å². The van der Waals surface area contributed by atoms with Gasteiger partial charge < -0.3 is 9.80 Å². The van der Waals surface area contributed by atoms with Gasteiger partial charge in [-0.1, -0.05) is 11.6 Å². The van der Waals surface area contributed by atoms with Crippen molar-refractivity contribution in [3.05, 3.63) is 23.0 Å². The number of halogens is 1. The zero-order chi connectivity index (χ0) is 9.54. The highest BCUT2D eigenvalue weighted by atomic mass is 35.5. The Morgan fingerprint density at radius 3 is 3.07 bits per heavy atom.